The molecule has 2 heterocycles. The van der Waals surface area contributed by atoms with Crippen molar-refractivity contribution >= 4 is 11.9 Å². The summed E-state index contributed by atoms with van der Waals surface area (Å²) < 4.78 is 6.05. The minimum absolute atomic E-state index is 0.0816. The Morgan fingerprint density at radius 1 is 0.917 bits per heavy atom. The fourth-order valence-electron chi connectivity index (χ4n) is 5.40. The Morgan fingerprint density at radius 2 is 1.47 bits per heavy atom. The van der Waals surface area contributed by atoms with E-state index < -0.39 is 0 Å². The molecule has 2 aromatic rings. The molecule has 0 unspecified atom stereocenters. The number of fused-ring (bicyclic) bond motifs is 1. The number of urea groups is 1. The van der Waals surface area contributed by atoms with Crippen molar-refractivity contribution in [3.8, 4) is 0 Å². The zero-order valence-electron chi connectivity index (χ0n) is 23.4. The quantitative estimate of drug-likeness (QED) is 0.588. The third-order valence-corrected chi connectivity index (χ3v) is 7.88. The van der Waals surface area contributed by atoms with E-state index in [1.807, 2.05) is 26.8 Å². The van der Waals surface area contributed by atoms with Crippen LogP contribution in [0.5, 0.6) is 0 Å². The molecule has 1 aromatic carbocycles. The van der Waals surface area contributed by atoms with Gasteiger partial charge in [0.05, 0.1) is 0 Å². The number of hydrogen-bond donors (Lipinski definition) is 1. The van der Waals surface area contributed by atoms with Gasteiger partial charge in [-0.3, -0.25) is 4.79 Å². The minimum Gasteiger partial charge on any atom is -0.456 e. The number of piperazine rings is 1. The monoisotopic (exact) mass is 493 g/mol. The second kappa shape index (κ2) is 9.28. The summed E-state index contributed by atoms with van der Waals surface area (Å²) in [6.45, 7) is 19.5. The highest BCUT2D eigenvalue weighted by atomic mass is 16.4. The highest BCUT2D eigenvalue weighted by Crippen LogP contribution is 2.46. The second-order valence-electron chi connectivity index (χ2n) is 13.0. The average molecular weight is 494 g/mol. The van der Waals surface area contributed by atoms with Crippen LogP contribution < -0.4 is 5.32 Å². The maximum Gasteiger partial charge on any atom is 0.317 e. The van der Waals surface area contributed by atoms with Gasteiger partial charge in [-0.15, -0.1) is 0 Å². The first-order valence-corrected chi connectivity index (χ1v) is 13.3. The summed E-state index contributed by atoms with van der Waals surface area (Å²) in [7, 11) is 0. The molecule has 0 radical (unpaired) electrons. The summed E-state index contributed by atoms with van der Waals surface area (Å²) in [5.74, 6) is 1.06. The van der Waals surface area contributed by atoms with E-state index >= 15 is 0 Å². The van der Waals surface area contributed by atoms with Crippen molar-refractivity contribution in [1.82, 2.24) is 15.1 Å². The van der Waals surface area contributed by atoms with Gasteiger partial charge in [-0.05, 0) is 85.8 Å². The van der Waals surface area contributed by atoms with Crippen molar-refractivity contribution < 1.29 is 14.0 Å². The van der Waals surface area contributed by atoms with Crippen LogP contribution >= 0.6 is 0 Å². The van der Waals surface area contributed by atoms with Crippen LogP contribution in [0.25, 0.3) is 0 Å². The first kappa shape index (κ1) is 26.3. The molecule has 1 aliphatic heterocycles. The second-order valence-corrected chi connectivity index (χ2v) is 13.0. The number of carbonyl (C=O) groups is 2. The number of nitrogens with zero attached hydrogens (tertiary/aromatic N) is 2. The number of furan rings is 1. The van der Waals surface area contributed by atoms with E-state index in [0.29, 0.717) is 38.4 Å². The summed E-state index contributed by atoms with van der Waals surface area (Å²) in [6, 6.07) is 8.38. The third-order valence-electron chi connectivity index (χ3n) is 7.88. The van der Waals surface area contributed by atoms with E-state index in [1.165, 1.54) is 35.1 Å². The van der Waals surface area contributed by atoms with Crippen molar-refractivity contribution in [2.24, 2.45) is 0 Å². The number of amides is 3. The van der Waals surface area contributed by atoms with Gasteiger partial charge >= 0.3 is 6.03 Å². The van der Waals surface area contributed by atoms with Crippen LogP contribution in [0.1, 0.15) is 99.9 Å². The van der Waals surface area contributed by atoms with Gasteiger partial charge < -0.3 is 19.5 Å². The lowest BCUT2D eigenvalue weighted by molar-refractivity contribution is 0.0629. The van der Waals surface area contributed by atoms with Gasteiger partial charge in [0, 0.05) is 38.1 Å². The fourth-order valence-corrected chi connectivity index (χ4v) is 5.40. The van der Waals surface area contributed by atoms with Crippen LogP contribution in [0.2, 0.25) is 0 Å². The molecule has 0 atom stereocenters. The Kier molecular flexibility index (Phi) is 6.78. The van der Waals surface area contributed by atoms with Gasteiger partial charge in [-0.2, -0.15) is 0 Å². The Balaban J connectivity index is 1.43. The lowest BCUT2D eigenvalue weighted by Crippen LogP contribution is -2.55. The Morgan fingerprint density at radius 3 is 2.06 bits per heavy atom. The molecule has 4 rings (SSSR count). The predicted molar refractivity (Wildman–Crippen MR) is 144 cm³/mol. The van der Waals surface area contributed by atoms with Crippen LogP contribution in [0.4, 0.5) is 4.79 Å². The highest BCUT2D eigenvalue weighted by molar-refractivity contribution is 5.91. The summed E-state index contributed by atoms with van der Waals surface area (Å²) in [4.78, 5) is 29.1. The van der Waals surface area contributed by atoms with Crippen LogP contribution in [0.15, 0.2) is 28.7 Å². The van der Waals surface area contributed by atoms with Gasteiger partial charge in [0.25, 0.3) is 5.91 Å². The molecule has 1 saturated heterocycles. The molecule has 6 heteroatoms. The van der Waals surface area contributed by atoms with Crippen molar-refractivity contribution in [2.75, 3.05) is 26.2 Å². The van der Waals surface area contributed by atoms with Crippen LogP contribution in [-0.4, -0.2) is 53.5 Å². The summed E-state index contributed by atoms with van der Waals surface area (Å²) >= 11 is 0. The highest BCUT2D eigenvalue weighted by Gasteiger charge is 2.37. The summed E-state index contributed by atoms with van der Waals surface area (Å²) in [6.07, 6.45) is 3.05. The van der Waals surface area contributed by atoms with Crippen LogP contribution in [0, 0.1) is 6.92 Å². The van der Waals surface area contributed by atoms with Crippen molar-refractivity contribution in [3.63, 3.8) is 0 Å². The Bertz CT molecular complexity index is 1140. The number of benzene rings is 1. The molecule has 196 valence electrons. The van der Waals surface area contributed by atoms with Crippen LogP contribution in [0.3, 0.4) is 0 Å². The van der Waals surface area contributed by atoms with Gasteiger partial charge in [0.1, 0.15) is 5.76 Å². The normalized spacial score (nSPS) is 19.1. The molecule has 3 amide bonds. The van der Waals surface area contributed by atoms with Crippen molar-refractivity contribution in [1.29, 1.82) is 0 Å². The van der Waals surface area contributed by atoms with E-state index in [4.69, 9.17) is 4.42 Å². The van der Waals surface area contributed by atoms with Gasteiger partial charge in [-0.25, -0.2) is 4.79 Å². The molecule has 1 fully saturated rings. The Labute approximate surface area is 216 Å². The topological polar surface area (TPSA) is 65.8 Å². The largest absolute Gasteiger partial charge is 0.456 e. The lowest BCUT2D eigenvalue weighted by Gasteiger charge is -2.42. The van der Waals surface area contributed by atoms with Gasteiger partial charge in [0.15, 0.2) is 5.76 Å². The fraction of sp³-hybridized carbons (Fsp3) is 0.600. The number of carbonyl (C=O) groups excluding carboxylic acids is 2. The SMILES string of the molecule is Cc1cc2c(cc1Cc1ccc(C(=O)N3CCN(C(=O)NC(C)(C)C)CC3)o1)C(C)(C)CCC2(C)C. The maximum atomic E-state index is 13.1. The molecule has 36 heavy (non-hydrogen) atoms. The number of rotatable bonds is 3. The zero-order chi connectivity index (χ0) is 26.5. The molecular formula is C30H43N3O3. The molecule has 2 aliphatic rings. The molecule has 0 saturated carbocycles. The molecule has 6 nitrogen and oxygen atoms in total. The third kappa shape index (κ3) is 5.47. The van der Waals surface area contributed by atoms with E-state index in [1.54, 1.807) is 15.9 Å². The minimum atomic E-state index is -0.281. The molecule has 1 N–H and O–H groups in total. The van der Waals surface area contributed by atoms with Crippen molar-refractivity contribution in [2.45, 2.75) is 91.0 Å². The summed E-state index contributed by atoms with van der Waals surface area (Å²) in [5, 5.41) is 2.99. The standard InChI is InChI=1S/C30H43N3O3/c1-20-17-23-24(30(7,8)12-11-29(23,5)6)19-21(20)18-22-9-10-25(36-22)26(34)32-13-15-33(16-14-32)27(35)31-28(2,3)4/h9-10,17,19H,11-16,18H2,1-8H3,(H,31,35). The Hall–Kier alpha value is -2.76. The van der Waals surface area contributed by atoms with Crippen molar-refractivity contribution in [3.05, 3.63) is 58.0 Å². The molecule has 0 bridgehead atoms. The molecule has 1 aromatic heterocycles. The lowest BCUT2D eigenvalue weighted by atomic mass is 9.62. The number of aryl methyl sites for hydroxylation is 1. The molecule has 0 spiro atoms. The maximum absolute atomic E-state index is 13.1. The van der Waals surface area contributed by atoms with E-state index in [9.17, 15) is 9.59 Å². The van der Waals surface area contributed by atoms with Crippen LogP contribution in [-0.2, 0) is 17.3 Å². The van der Waals surface area contributed by atoms with E-state index in [-0.39, 0.29) is 28.3 Å². The number of nitrogens with one attached hydrogen (secondary N) is 1. The number of hydrogen-bond acceptors (Lipinski definition) is 3. The van der Waals surface area contributed by atoms with Gasteiger partial charge in [0.2, 0.25) is 0 Å². The first-order chi connectivity index (χ1) is 16.7. The average Bonchev–Trinajstić information content (AvgIpc) is 3.25. The smallest absolute Gasteiger partial charge is 0.317 e. The predicted octanol–water partition coefficient (Wildman–Crippen LogP) is 5.79. The van der Waals surface area contributed by atoms with Gasteiger partial charge in [-0.1, -0.05) is 39.8 Å². The summed E-state index contributed by atoms with van der Waals surface area (Å²) in [5.41, 5.74) is 5.50. The van der Waals surface area contributed by atoms with E-state index in [0.717, 1.165) is 5.76 Å². The first-order valence-electron chi connectivity index (χ1n) is 13.3. The van der Waals surface area contributed by atoms with E-state index in [2.05, 4.69) is 52.1 Å². The zero-order valence-corrected chi connectivity index (χ0v) is 23.4. The molecule has 1 aliphatic carbocycles. The molecular weight excluding hydrogens is 450 g/mol.